The molecule has 0 radical (unpaired) electrons. The van der Waals surface area contributed by atoms with Gasteiger partial charge in [-0.15, -0.1) is 5.10 Å². The number of carbonyl (C=O) groups excluding carboxylic acids is 1. The van der Waals surface area contributed by atoms with Crippen molar-refractivity contribution in [3.05, 3.63) is 71.0 Å². The maximum absolute atomic E-state index is 12.8. The lowest BCUT2D eigenvalue weighted by molar-refractivity contribution is -0.117. The van der Waals surface area contributed by atoms with Crippen molar-refractivity contribution in [1.82, 2.24) is 30.4 Å². The van der Waals surface area contributed by atoms with E-state index >= 15 is 0 Å². The fourth-order valence-electron chi connectivity index (χ4n) is 3.57. The third-order valence-corrected chi connectivity index (χ3v) is 5.67. The predicted molar refractivity (Wildman–Crippen MR) is 139 cm³/mol. The average Bonchev–Trinajstić information content (AvgIpc) is 3.38. The van der Waals surface area contributed by atoms with E-state index in [1.807, 2.05) is 14.1 Å². The minimum Gasteiger partial charge on any atom is -0.478 e. The van der Waals surface area contributed by atoms with Crippen LogP contribution in [-0.2, 0) is 4.79 Å². The van der Waals surface area contributed by atoms with Crippen molar-refractivity contribution < 1.29 is 14.7 Å². The lowest BCUT2D eigenvalue weighted by Crippen LogP contribution is -2.39. The first-order valence-electron chi connectivity index (χ1n) is 11.6. The summed E-state index contributed by atoms with van der Waals surface area (Å²) in [5.41, 5.74) is 2.40. The van der Waals surface area contributed by atoms with Gasteiger partial charge in [0.05, 0.1) is 11.3 Å². The highest BCUT2D eigenvalue weighted by molar-refractivity contribution is 6.30. The highest BCUT2D eigenvalue weighted by Gasteiger charge is 2.12. The van der Waals surface area contributed by atoms with Crippen LogP contribution in [0.2, 0.25) is 5.02 Å². The quantitative estimate of drug-likeness (QED) is 0.235. The first-order valence-corrected chi connectivity index (χ1v) is 11.9. The molecule has 11 heteroatoms. The number of rotatable bonds is 13. The summed E-state index contributed by atoms with van der Waals surface area (Å²) in [5, 5.41) is 27.2. The van der Waals surface area contributed by atoms with Crippen molar-refractivity contribution in [3.8, 4) is 5.69 Å². The van der Waals surface area contributed by atoms with Gasteiger partial charge in [-0.1, -0.05) is 18.0 Å². The molecule has 0 saturated carbocycles. The molecule has 3 N–H and O–H groups in total. The number of aromatic nitrogens is 4. The van der Waals surface area contributed by atoms with E-state index in [0.717, 1.165) is 31.5 Å². The molecular weight excluding hydrogens is 482 g/mol. The lowest BCUT2D eigenvalue weighted by atomic mass is 10.1. The van der Waals surface area contributed by atoms with Gasteiger partial charge in [-0.2, -0.15) is 4.68 Å². The second kappa shape index (κ2) is 13.4. The van der Waals surface area contributed by atoms with Crippen molar-refractivity contribution in [1.29, 1.82) is 0 Å². The number of carbonyl (C=O) groups is 2. The number of hydrogen-bond donors (Lipinski definition) is 3. The number of unbranched alkanes of at least 4 members (excludes halogenated alkanes) is 1. The van der Waals surface area contributed by atoms with Gasteiger partial charge in [-0.3, -0.25) is 4.79 Å². The zero-order valence-corrected chi connectivity index (χ0v) is 21.0. The van der Waals surface area contributed by atoms with E-state index in [1.54, 1.807) is 48.5 Å². The average molecular weight is 512 g/mol. The summed E-state index contributed by atoms with van der Waals surface area (Å²) < 4.78 is 1.50. The number of halogens is 1. The maximum Gasteiger partial charge on any atom is 0.335 e. The molecular formula is C25H30ClN7O3. The molecule has 36 heavy (non-hydrogen) atoms. The van der Waals surface area contributed by atoms with Gasteiger partial charge in [0.25, 0.3) is 0 Å². The Kier molecular flexibility index (Phi) is 9.96. The smallest absolute Gasteiger partial charge is 0.335 e. The summed E-state index contributed by atoms with van der Waals surface area (Å²) in [7, 11) is 4.07. The van der Waals surface area contributed by atoms with Crippen molar-refractivity contribution in [2.45, 2.75) is 25.3 Å². The van der Waals surface area contributed by atoms with Gasteiger partial charge >= 0.3 is 5.97 Å². The van der Waals surface area contributed by atoms with Crippen LogP contribution < -0.4 is 10.6 Å². The minimum absolute atomic E-state index is 0.123. The summed E-state index contributed by atoms with van der Waals surface area (Å²) in [6.07, 6.45) is 7.37. The normalized spacial score (nSPS) is 12.1. The monoisotopic (exact) mass is 511 g/mol. The third kappa shape index (κ3) is 8.47. The molecule has 1 atom stereocenters. The molecule has 0 aliphatic heterocycles. The molecule has 0 unspecified atom stereocenters. The van der Waals surface area contributed by atoms with Crippen molar-refractivity contribution in [3.63, 3.8) is 0 Å². The Labute approximate surface area is 214 Å². The molecule has 10 nitrogen and oxygen atoms in total. The van der Waals surface area contributed by atoms with E-state index in [1.165, 1.54) is 17.1 Å². The second-order valence-corrected chi connectivity index (χ2v) is 9.00. The minimum atomic E-state index is -0.970. The van der Waals surface area contributed by atoms with Crippen LogP contribution in [0.3, 0.4) is 0 Å². The summed E-state index contributed by atoms with van der Waals surface area (Å²) in [6.45, 7) is 1.47. The van der Waals surface area contributed by atoms with E-state index in [-0.39, 0.29) is 17.5 Å². The molecule has 3 aromatic rings. The van der Waals surface area contributed by atoms with Gasteiger partial charge in [-0.25, -0.2) is 4.79 Å². The Morgan fingerprint density at radius 1 is 1.17 bits per heavy atom. The number of amides is 1. The fraction of sp³-hybridized carbons (Fsp3) is 0.320. The van der Waals surface area contributed by atoms with Crippen molar-refractivity contribution >= 4 is 35.2 Å². The van der Waals surface area contributed by atoms with Crippen LogP contribution in [0, 0.1) is 0 Å². The molecule has 1 aromatic heterocycles. The topological polar surface area (TPSA) is 125 Å². The molecule has 0 spiro atoms. The first kappa shape index (κ1) is 26.8. The molecule has 190 valence electrons. The highest BCUT2D eigenvalue weighted by atomic mass is 35.5. The zero-order valence-electron chi connectivity index (χ0n) is 20.3. The van der Waals surface area contributed by atoms with Crippen molar-refractivity contribution in [2.75, 3.05) is 32.5 Å². The summed E-state index contributed by atoms with van der Waals surface area (Å²) in [5.74, 6) is -1.21. The van der Waals surface area contributed by atoms with Crippen LogP contribution in [0.4, 0.5) is 5.69 Å². The number of aromatic carboxylic acids is 1. The van der Waals surface area contributed by atoms with E-state index < -0.39 is 5.97 Å². The third-order valence-electron chi connectivity index (χ3n) is 5.44. The summed E-state index contributed by atoms with van der Waals surface area (Å²) in [6, 6.07) is 11.7. The highest BCUT2D eigenvalue weighted by Crippen LogP contribution is 2.20. The largest absolute Gasteiger partial charge is 0.478 e. The number of nitrogens with zero attached hydrogens (tertiary/aromatic N) is 5. The van der Waals surface area contributed by atoms with Crippen LogP contribution in [0.25, 0.3) is 11.8 Å². The van der Waals surface area contributed by atoms with Gasteiger partial charge in [0.15, 0.2) is 0 Å². The van der Waals surface area contributed by atoms with Crippen LogP contribution in [0.5, 0.6) is 0 Å². The second-order valence-electron chi connectivity index (χ2n) is 8.56. The molecule has 0 aliphatic carbocycles. The van der Waals surface area contributed by atoms with Crippen LogP contribution in [0.1, 0.15) is 35.2 Å². The van der Waals surface area contributed by atoms with Gasteiger partial charge in [0.2, 0.25) is 5.91 Å². The molecule has 1 heterocycles. The molecule has 0 saturated heterocycles. The molecule has 0 bridgehead atoms. The molecule has 3 rings (SSSR count). The van der Waals surface area contributed by atoms with Gasteiger partial charge < -0.3 is 20.6 Å². The van der Waals surface area contributed by atoms with Gasteiger partial charge in [0.1, 0.15) is 6.33 Å². The number of hydrogen-bond acceptors (Lipinski definition) is 7. The fourth-order valence-corrected chi connectivity index (χ4v) is 3.75. The Morgan fingerprint density at radius 2 is 1.94 bits per heavy atom. The predicted octanol–water partition coefficient (Wildman–Crippen LogP) is 3.36. The molecule has 0 fully saturated rings. The molecule has 1 amide bonds. The maximum atomic E-state index is 12.8. The Balaban J connectivity index is 1.65. The summed E-state index contributed by atoms with van der Waals surface area (Å²) >= 11 is 6.16. The number of nitrogens with one attached hydrogen (secondary N) is 2. The van der Waals surface area contributed by atoms with E-state index in [2.05, 4.69) is 31.1 Å². The Hall–Kier alpha value is -3.76. The van der Waals surface area contributed by atoms with E-state index in [4.69, 9.17) is 16.7 Å². The first-order chi connectivity index (χ1) is 17.3. The summed E-state index contributed by atoms with van der Waals surface area (Å²) in [4.78, 5) is 26.0. The van der Waals surface area contributed by atoms with Crippen LogP contribution in [-0.4, -0.2) is 75.3 Å². The van der Waals surface area contributed by atoms with E-state index in [0.29, 0.717) is 22.8 Å². The number of benzene rings is 2. The van der Waals surface area contributed by atoms with Gasteiger partial charge in [-0.05, 0) is 92.4 Å². The number of carboxylic acids is 1. The number of carboxylic acid groups (broad SMARTS) is 1. The SMILES string of the molecule is CN(C)CCCC[C@@H](CNc1ccc(C(=O)O)cc1)NC(=O)/C=C/c1cc(Cl)ccc1-n1cnnn1. The van der Waals surface area contributed by atoms with Crippen LogP contribution >= 0.6 is 11.6 Å². The Morgan fingerprint density at radius 3 is 2.61 bits per heavy atom. The van der Waals surface area contributed by atoms with E-state index in [9.17, 15) is 9.59 Å². The lowest BCUT2D eigenvalue weighted by Gasteiger charge is -2.20. The molecule has 0 aliphatic rings. The molecule has 2 aromatic carbocycles. The van der Waals surface area contributed by atoms with Crippen molar-refractivity contribution in [2.24, 2.45) is 0 Å². The Bertz CT molecular complexity index is 1160. The number of tetrazole rings is 1. The number of anilines is 1. The zero-order chi connectivity index (χ0) is 25.9. The van der Waals surface area contributed by atoms with Crippen LogP contribution in [0.15, 0.2) is 54.9 Å². The standard InChI is InChI=1S/C25H30ClN7O3/c1-32(2)14-4-3-5-22(16-27-21-10-6-18(7-11-21)25(35)36)29-24(34)13-8-19-15-20(26)9-12-23(19)33-17-28-30-31-33/h6-13,15,17,22,27H,3-5,14,16H2,1-2H3,(H,29,34)(H,35,36)/b13-8+/t22-/m0/s1. The van der Waals surface area contributed by atoms with Gasteiger partial charge in [0, 0.05) is 34.9 Å².